The molecule has 7 heteroatoms. The zero-order valence-electron chi connectivity index (χ0n) is 11.0. The van der Waals surface area contributed by atoms with E-state index in [1.807, 2.05) is 7.05 Å². The first-order chi connectivity index (χ1) is 8.98. The fourth-order valence-corrected chi connectivity index (χ4v) is 2.49. The number of piperidine rings is 1. The van der Waals surface area contributed by atoms with Crippen molar-refractivity contribution < 1.29 is 4.79 Å². The average molecular weight is 262 g/mol. The molecule has 1 aliphatic rings. The fraction of sp³-hybridized carbons (Fsp3) is 0.583. The fourth-order valence-electron chi connectivity index (χ4n) is 2.49. The van der Waals surface area contributed by atoms with E-state index in [4.69, 9.17) is 16.7 Å². The molecule has 0 unspecified atom stereocenters. The lowest BCUT2D eigenvalue weighted by Gasteiger charge is -2.39. The van der Waals surface area contributed by atoms with Gasteiger partial charge in [-0.15, -0.1) is 0 Å². The van der Waals surface area contributed by atoms with Crippen molar-refractivity contribution in [1.29, 1.82) is 5.26 Å². The molecule has 1 aromatic rings. The van der Waals surface area contributed by atoms with E-state index in [-0.39, 0.29) is 16.9 Å². The summed E-state index contributed by atoms with van der Waals surface area (Å²) in [7, 11) is 2.04. The molecular formula is C12H18N6O. The van der Waals surface area contributed by atoms with E-state index in [0.29, 0.717) is 6.42 Å². The largest absolute Gasteiger partial charge is 0.396 e. The maximum atomic E-state index is 11.2. The highest BCUT2D eigenvalue weighted by Crippen LogP contribution is 2.33. The molecular weight excluding hydrogens is 244 g/mol. The molecule has 1 aliphatic heterocycles. The number of nitrogens with two attached hydrogens (primary N) is 2. The first-order valence-electron chi connectivity index (χ1n) is 6.19. The van der Waals surface area contributed by atoms with Crippen molar-refractivity contribution in [2.45, 2.75) is 24.8 Å². The third-order valence-corrected chi connectivity index (χ3v) is 3.79. The number of primary amides is 1. The summed E-state index contributed by atoms with van der Waals surface area (Å²) in [4.78, 5) is 13.4. The summed E-state index contributed by atoms with van der Waals surface area (Å²) in [5.74, 6) is -0.642. The monoisotopic (exact) mass is 262 g/mol. The van der Waals surface area contributed by atoms with Crippen LogP contribution in [0.4, 0.5) is 5.69 Å². The SMILES string of the molecule is CN1CCC(CC#N)(n2cc(N)c(C(N)=O)n2)CC1. The van der Waals surface area contributed by atoms with Crippen LogP contribution < -0.4 is 11.5 Å². The second-order valence-corrected chi connectivity index (χ2v) is 5.10. The van der Waals surface area contributed by atoms with Crippen LogP contribution in [-0.2, 0) is 5.54 Å². The molecule has 7 nitrogen and oxygen atoms in total. The Hall–Kier alpha value is -2.07. The molecule has 0 bridgehead atoms. The van der Waals surface area contributed by atoms with Gasteiger partial charge in [0, 0.05) is 19.3 Å². The van der Waals surface area contributed by atoms with E-state index in [1.165, 1.54) is 0 Å². The van der Waals surface area contributed by atoms with Gasteiger partial charge in [0.05, 0.1) is 23.7 Å². The van der Waals surface area contributed by atoms with E-state index in [2.05, 4.69) is 16.1 Å². The number of amides is 1. The number of hydrogen-bond acceptors (Lipinski definition) is 5. The summed E-state index contributed by atoms with van der Waals surface area (Å²) in [6.45, 7) is 1.76. The Kier molecular flexibility index (Phi) is 3.44. The number of aromatic nitrogens is 2. The molecule has 0 saturated carbocycles. The predicted octanol–water partition coefficient (Wildman–Crippen LogP) is -0.101. The van der Waals surface area contributed by atoms with Gasteiger partial charge in [0.2, 0.25) is 0 Å². The normalized spacial score (nSPS) is 18.9. The molecule has 19 heavy (non-hydrogen) atoms. The van der Waals surface area contributed by atoms with Crippen LogP contribution in [0.25, 0.3) is 0 Å². The number of hydrogen-bond donors (Lipinski definition) is 2. The van der Waals surface area contributed by atoms with Crippen LogP contribution in [0.15, 0.2) is 6.20 Å². The number of carbonyl (C=O) groups is 1. The van der Waals surface area contributed by atoms with E-state index in [9.17, 15) is 4.79 Å². The molecule has 2 rings (SSSR count). The Labute approximate surface area is 111 Å². The lowest BCUT2D eigenvalue weighted by molar-refractivity contribution is 0.0985. The molecule has 1 saturated heterocycles. The maximum Gasteiger partial charge on any atom is 0.271 e. The molecule has 1 amide bonds. The molecule has 1 fully saturated rings. The van der Waals surface area contributed by atoms with Crippen LogP contribution in [-0.4, -0.2) is 40.7 Å². The number of anilines is 1. The number of carbonyl (C=O) groups excluding carboxylic acids is 1. The van der Waals surface area contributed by atoms with Crippen LogP contribution in [0.3, 0.4) is 0 Å². The van der Waals surface area contributed by atoms with Gasteiger partial charge in [0.1, 0.15) is 0 Å². The van der Waals surface area contributed by atoms with Crippen molar-refractivity contribution in [3.05, 3.63) is 11.9 Å². The van der Waals surface area contributed by atoms with Gasteiger partial charge in [-0.2, -0.15) is 10.4 Å². The highest BCUT2D eigenvalue weighted by Gasteiger charge is 2.37. The minimum absolute atomic E-state index is 0.0799. The number of rotatable bonds is 3. The van der Waals surface area contributed by atoms with Crippen molar-refractivity contribution in [3.63, 3.8) is 0 Å². The standard InChI is InChI=1S/C12H18N6O/c1-17-6-3-12(2-5-13,4-7-17)18-8-9(14)10(16-18)11(15)19/h8H,2-4,6-7,14H2,1H3,(H2,15,19). The van der Waals surface area contributed by atoms with Gasteiger partial charge in [0.15, 0.2) is 5.69 Å². The van der Waals surface area contributed by atoms with Gasteiger partial charge in [-0.25, -0.2) is 0 Å². The van der Waals surface area contributed by atoms with Gasteiger partial charge in [-0.3, -0.25) is 9.48 Å². The highest BCUT2D eigenvalue weighted by molar-refractivity contribution is 5.95. The lowest BCUT2D eigenvalue weighted by atomic mass is 9.85. The molecule has 0 aliphatic carbocycles. The minimum Gasteiger partial charge on any atom is -0.396 e. The first kappa shape index (κ1) is 13.4. The molecule has 102 valence electrons. The molecule has 0 atom stereocenters. The van der Waals surface area contributed by atoms with Gasteiger partial charge in [-0.05, 0) is 19.9 Å². The molecule has 0 spiro atoms. The van der Waals surface area contributed by atoms with Crippen LogP contribution in [0.5, 0.6) is 0 Å². The quantitative estimate of drug-likeness (QED) is 0.789. The van der Waals surface area contributed by atoms with E-state index in [1.54, 1.807) is 10.9 Å². The number of likely N-dealkylation sites (tertiary alicyclic amines) is 1. The Morgan fingerprint density at radius 1 is 1.58 bits per heavy atom. The Morgan fingerprint density at radius 2 is 2.21 bits per heavy atom. The summed E-state index contributed by atoms with van der Waals surface area (Å²) in [6, 6.07) is 2.21. The van der Waals surface area contributed by atoms with Crippen molar-refractivity contribution in [3.8, 4) is 6.07 Å². The summed E-state index contributed by atoms with van der Waals surface area (Å²) in [5.41, 5.74) is 10.9. The number of nitrogens with zero attached hydrogens (tertiary/aromatic N) is 4. The van der Waals surface area contributed by atoms with Crippen LogP contribution in [0.1, 0.15) is 29.8 Å². The molecule has 0 radical (unpaired) electrons. The summed E-state index contributed by atoms with van der Waals surface area (Å²) < 4.78 is 1.67. The maximum absolute atomic E-state index is 11.2. The zero-order chi connectivity index (χ0) is 14.0. The molecule has 0 aromatic carbocycles. The summed E-state index contributed by atoms with van der Waals surface area (Å²) in [5, 5.41) is 13.3. The molecule has 2 heterocycles. The molecule has 1 aromatic heterocycles. The third kappa shape index (κ3) is 2.39. The minimum atomic E-state index is -0.642. The average Bonchev–Trinajstić information content (AvgIpc) is 2.75. The van der Waals surface area contributed by atoms with E-state index >= 15 is 0 Å². The Balaban J connectivity index is 2.37. The van der Waals surface area contributed by atoms with E-state index in [0.717, 1.165) is 25.9 Å². The smallest absolute Gasteiger partial charge is 0.271 e. The Morgan fingerprint density at radius 3 is 2.68 bits per heavy atom. The van der Waals surface area contributed by atoms with Crippen molar-refractivity contribution in [1.82, 2.24) is 14.7 Å². The van der Waals surface area contributed by atoms with E-state index < -0.39 is 5.91 Å². The molecule has 4 N–H and O–H groups in total. The second kappa shape index (κ2) is 4.90. The van der Waals surface area contributed by atoms with Crippen molar-refractivity contribution >= 4 is 11.6 Å². The van der Waals surface area contributed by atoms with Crippen molar-refractivity contribution in [2.24, 2.45) is 5.73 Å². The third-order valence-electron chi connectivity index (χ3n) is 3.79. The predicted molar refractivity (Wildman–Crippen MR) is 70.1 cm³/mol. The number of nitriles is 1. The van der Waals surface area contributed by atoms with Crippen LogP contribution in [0, 0.1) is 11.3 Å². The van der Waals surface area contributed by atoms with Gasteiger partial charge >= 0.3 is 0 Å². The first-order valence-corrected chi connectivity index (χ1v) is 6.19. The van der Waals surface area contributed by atoms with Crippen molar-refractivity contribution in [2.75, 3.05) is 25.9 Å². The van der Waals surface area contributed by atoms with Gasteiger partial charge in [-0.1, -0.05) is 0 Å². The van der Waals surface area contributed by atoms with Crippen LogP contribution in [0.2, 0.25) is 0 Å². The lowest BCUT2D eigenvalue weighted by Crippen LogP contribution is -2.45. The highest BCUT2D eigenvalue weighted by atomic mass is 16.1. The number of nitrogen functional groups attached to an aromatic ring is 1. The zero-order valence-corrected chi connectivity index (χ0v) is 11.0. The Bertz CT molecular complexity index is 521. The van der Waals surface area contributed by atoms with Gasteiger partial charge in [0.25, 0.3) is 5.91 Å². The summed E-state index contributed by atoms with van der Waals surface area (Å²) >= 11 is 0. The summed E-state index contributed by atoms with van der Waals surface area (Å²) in [6.07, 6.45) is 3.57. The van der Waals surface area contributed by atoms with Gasteiger partial charge < -0.3 is 16.4 Å². The second-order valence-electron chi connectivity index (χ2n) is 5.10. The van der Waals surface area contributed by atoms with Crippen LogP contribution >= 0.6 is 0 Å². The topological polar surface area (TPSA) is 114 Å².